The topological polar surface area (TPSA) is 41.9 Å². The average Bonchev–Trinajstić information content (AvgIpc) is 2.81. The van der Waals surface area contributed by atoms with Gasteiger partial charge in [-0.05, 0) is 37.3 Å². The Morgan fingerprint density at radius 2 is 2.05 bits per heavy atom. The van der Waals surface area contributed by atoms with Crippen LogP contribution in [0.3, 0.4) is 0 Å². The first-order valence-electron chi connectivity index (χ1n) is 5.65. The van der Waals surface area contributed by atoms with Gasteiger partial charge in [-0.3, -0.25) is 4.68 Å². The summed E-state index contributed by atoms with van der Waals surface area (Å²) in [6, 6.07) is 7.07. The number of halogens is 2. The van der Waals surface area contributed by atoms with Crippen molar-refractivity contribution in [3.8, 4) is 0 Å². The van der Waals surface area contributed by atoms with Gasteiger partial charge in [-0.25, -0.2) is 0 Å². The molecule has 0 spiro atoms. The highest BCUT2D eigenvalue weighted by Gasteiger charge is 2.03. The number of hydrogen-bond acceptors (Lipinski definition) is 2. The Bertz CT molecular complexity index is 597. The molecule has 0 saturated heterocycles. The summed E-state index contributed by atoms with van der Waals surface area (Å²) in [6.45, 7) is 2.83. The number of nitrogens with one attached hydrogen (secondary N) is 2. The van der Waals surface area contributed by atoms with Gasteiger partial charge < -0.3 is 10.6 Å². The van der Waals surface area contributed by atoms with Crippen molar-refractivity contribution in [2.24, 2.45) is 0 Å². The Morgan fingerprint density at radius 1 is 1.26 bits per heavy atom. The summed E-state index contributed by atoms with van der Waals surface area (Å²) in [6.07, 6.45) is 1.88. The van der Waals surface area contributed by atoms with Gasteiger partial charge in [0, 0.05) is 24.5 Å². The minimum Gasteiger partial charge on any atom is -0.332 e. The molecule has 100 valence electrons. The molecule has 0 aliphatic heterocycles. The maximum Gasteiger partial charge on any atom is 0.176 e. The van der Waals surface area contributed by atoms with E-state index in [1.54, 1.807) is 18.2 Å². The van der Waals surface area contributed by atoms with Crippen molar-refractivity contribution in [3.05, 3.63) is 40.5 Å². The number of thiocarbonyl (C=S) groups is 1. The van der Waals surface area contributed by atoms with Crippen molar-refractivity contribution in [1.82, 2.24) is 9.78 Å². The van der Waals surface area contributed by atoms with E-state index in [1.807, 2.05) is 23.9 Å². The van der Waals surface area contributed by atoms with E-state index in [-0.39, 0.29) is 0 Å². The summed E-state index contributed by atoms with van der Waals surface area (Å²) >= 11 is 17.0. The fraction of sp³-hybridized carbons (Fsp3) is 0.167. The van der Waals surface area contributed by atoms with Crippen LogP contribution >= 0.6 is 35.4 Å². The van der Waals surface area contributed by atoms with Crippen molar-refractivity contribution in [3.63, 3.8) is 0 Å². The van der Waals surface area contributed by atoms with E-state index in [9.17, 15) is 0 Å². The first-order valence-corrected chi connectivity index (χ1v) is 6.81. The van der Waals surface area contributed by atoms with Gasteiger partial charge in [-0.15, -0.1) is 0 Å². The zero-order valence-corrected chi connectivity index (χ0v) is 12.5. The molecule has 0 bridgehead atoms. The maximum absolute atomic E-state index is 5.93. The molecule has 2 rings (SSSR count). The molecule has 0 fully saturated rings. The Morgan fingerprint density at radius 3 is 2.68 bits per heavy atom. The predicted octanol–water partition coefficient (Wildman–Crippen LogP) is 4.02. The molecule has 0 radical (unpaired) electrons. The van der Waals surface area contributed by atoms with Crippen molar-refractivity contribution in [2.75, 3.05) is 10.6 Å². The van der Waals surface area contributed by atoms with E-state index < -0.39 is 0 Å². The summed E-state index contributed by atoms with van der Waals surface area (Å²) in [4.78, 5) is 0. The molecule has 1 aromatic carbocycles. The molecular formula is C12H12Cl2N4S. The van der Waals surface area contributed by atoms with Gasteiger partial charge in [-0.2, -0.15) is 5.10 Å². The van der Waals surface area contributed by atoms with Gasteiger partial charge in [0.15, 0.2) is 10.9 Å². The average molecular weight is 315 g/mol. The molecule has 0 aliphatic rings. The molecule has 7 heteroatoms. The summed E-state index contributed by atoms with van der Waals surface area (Å²) in [5.41, 5.74) is 0.766. The molecule has 0 aliphatic carbocycles. The number of nitrogens with zero attached hydrogens (tertiary/aromatic N) is 2. The quantitative estimate of drug-likeness (QED) is 0.840. The van der Waals surface area contributed by atoms with Gasteiger partial charge in [0.2, 0.25) is 0 Å². The van der Waals surface area contributed by atoms with Gasteiger partial charge in [-0.1, -0.05) is 23.2 Å². The van der Waals surface area contributed by atoms with Gasteiger partial charge >= 0.3 is 0 Å². The van der Waals surface area contributed by atoms with E-state index in [4.69, 9.17) is 35.4 Å². The highest BCUT2D eigenvalue weighted by atomic mass is 35.5. The van der Waals surface area contributed by atoms with E-state index in [0.29, 0.717) is 21.0 Å². The normalized spacial score (nSPS) is 10.3. The number of aryl methyl sites for hydroxylation is 1. The highest BCUT2D eigenvalue weighted by Crippen LogP contribution is 2.25. The van der Waals surface area contributed by atoms with Crippen LogP contribution in [-0.2, 0) is 6.54 Å². The van der Waals surface area contributed by atoms with E-state index >= 15 is 0 Å². The number of anilines is 2. The highest BCUT2D eigenvalue weighted by molar-refractivity contribution is 7.80. The minimum atomic E-state index is 0.444. The van der Waals surface area contributed by atoms with Crippen LogP contribution in [0.2, 0.25) is 10.0 Å². The lowest BCUT2D eigenvalue weighted by molar-refractivity contribution is 0.662. The molecule has 2 aromatic rings. The Labute approximate surface area is 126 Å². The van der Waals surface area contributed by atoms with Crippen LogP contribution in [0.25, 0.3) is 0 Å². The monoisotopic (exact) mass is 314 g/mol. The number of rotatable bonds is 3. The summed E-state index contributed by atoms with van der Waals surface area (Å²) in [5.74, 6) is 0.694. The first kappa shape index (κ1) is 14.1. The summed E-state index contributed by atoms with van der Waals surface area (Å²) < 4.78 is 1.81. The summed E-state index contributed by atoms with van der Waals surface area (Å²) in [5, 5.41) is 11.7. The van der Waals surface area contributed by atoms with Crippen LogP contribution in [0.1, 0.15) is 6.92 Å². The van der Waals surface area contributed by atoms with Crippen molar-refractivity contribution in [2.45, 2.75) is 13.5 Å². The van der Waals surface area contributed by atoms with Crippen LogP contribution in [0, 0.1) is 0 Å². The van der Waals surface area contributed by atoms with Gasteiger partial charge in [0.25, 0.3) is 0 Å². The molecule has 1 aromatic heterocycles. The van der Waals surface area contributed by atoms with Crippen LogP contribution < -0.4 is 10.6 Å². The first-order chi connectivity index (χ1) is 9.08. The van der Waals surface area contributed by atoms with Crippen LogP contribution in [-0.4, -0.2) is 14.9 Å². The lowest BCUT2D eigenvalue weighted by Crippen LogP contribution is -2.19. The largest absolute Gasteiger partial charge is 0.332 e. The third kappa shape index (κ3) is 3.83. The molecule has 4 nitrogen and oxygen atoms in total. The third-order valence-electron chi connectivity index (χ3n) is 2.38. The molecule has 0 atom stereocenters. The number of aromatic nitrogens is 2. The van der Waals surface area contributed by atoms with Crippen molar-refractivity contribution >= 4 is 52.0 Å². The maximum atomic E-state index is 5.93. The molecule has 19 heavy (non-hydrogen) atoms. The van der Waals surface area contributed by atoms with Gasteiger partial charge in [0.1, 0.15) is 0 Å². The Hall–Kier alpha value is -1.30. The minimum absolute atomic E-state index is 0.444. The third-order valence-corrected chi connectivity index (χ3v) is 3.33. The van der Waals surface area contributed by atoms with Crippen molar-refractivity contribution < 1.29 is 0 Å². The van der Waals surface area contributed by atoms with E-state index in [0.717, 1.165) is 12.2 Å². The van der Waals surface area contributed by atoms with Crippen LogP contribution in [0.5, 0.6) is 0 Å². The lowest BCUT2D eigenvalue weighted by atomic mass is 10.3. The zero-order chi connectivity index (χ0) is 13.8. The molecule has 2 N–H and O–H groups in total. The van der Waals surface area contributed by atoms with E-state index in [2.05, 4.69) is 15.7 Å². The Balaban J connectivity index is 1.98. The Kier molecular flexibility index (Phi) is 4.63. The number of hydrogen-bond donors (Lipinski definition) is 2. The number of benzene rings is 1. The fourth-order valence-corrected chi connectivity index (χ4v) is 1.98. The molecule has 0 unspecified atom stereocenters. The molecule has 1 heterocycles. The molecule has 0 amide bonds. The molecular weight excluding hydrogens is 303 g/mol. The standard InChI is InChI=1S/C12H12Cl2N4S/c1-2-18-6-5-11(17-18)16-12(19)15-8-3-4-9(13)10(14)7-8/h3-7H,2H2,1H3,(H2,15,16,17,19). The lowest BCUT2D eigenvalue weighted by Gasteiger charge is -2.09. The van der Waals surface area contributed by atoms with Crippen LogP contribution in [0.15, 0.2) is 30.5 Å². The molecule has 0 saturated carbocycles. The fourth-order valence-electron chi connectivity index (χ4n) is 1.46. The van der Waals surface area contributed by atoms with Crippen LogP contribution in [0.4, 0.5) is 11.5 Å². The smallest absolute Gasteiger partial charge is 0.176 e. The second-order valence-electron chi connectivity index (χ2n) is 3.76. The summed E-state index contributed by atoms with van der Waals surface area (Å²) in [7, 11) is 0. The SMILES string of the molecule is CCn1ccc(NC(=S)Nc2ccc(Cl)c(Cl)c2)n1. The predicted molar refractivity (Wildman–Crippen MR) is 84.2 cm³/mol. The second kappa shape index (κ2) is 6.23. The van der Waals surface area contributed by atoms with Gasteiger partial charge in [0.05, 0.1) is 10.0 Å². The second-order valence-corrected chi connectivity index (χ2v) is 4.99. The van der Waals surface area contributed by atoms with E-state index in [1.165, 1.54) is 0 Å². The zero-order valence-electron chi connectivity index (χ0n) is 10.2. The van der Waals surface area contributed by atoms with Crippen molar-refractivity contribution in [1.29, 1.82) is 0 Å².